The van der Waals surface area contributed by atoms with Crippen molar-refractivity contribution in [1.82, 2.24) is 4.90 Å². The topological polar surface area (TPSA) is 46.3 Å². The van der Waals surface area contributed by atoms with Crippen molar-refractivity contribution in [2.45, 2.75) is 66.0 Å². The predicted octanol–water partition coefficient (Wildman–Crippen LogP) is 2.82. The maximum atomic E-state index is 12.5. The lowest BCUT2D eigenvalue weighted by molar-refractivity contribution is -0.134. The molecule has 112 valence electrons. The van der Waals surface area contributed by atoms with E-state index in [4.69, 9.17) is 5.73 Å². The highest BCUT2D eigenvalue weighted by Gasteiger charge is 2.51. The van der Waals surface area contributed by atoms with Crippen molar-refractivity contribution < 1.29 is 4.79 Å². The fraction of sp³-hybridized carbons (Fsp3) is 0.933. The van der Waals surface area contributed by atoms with Gasteiger partial charge in [-0.2, -0.15) is 0 Å². The Bertz CT molecular complexity index is 356. The average molecular weight is 289 g/mol. The fourth-order valence-corrected chi connectivity index (χ4v) is 4.19. The van der Waals surface area contributed by atoms with Gasteiger partial charge in [0, 0.05) is 12.6 Å². The molecule has 1 saturated carbocycles. The number of rotatable bonds is 2. The zero-order valence-corrected chi connectivity index (χ0v) is 13.7. The number of nitrogens with two attached hydrogens (primary N) is 1. The monoisotopic (exact) mass is 288 g/mol. The summed E-state index contributed by atoms with van der Waals surface area (Å²) in [6, 6.07) is 0.0760. The summed E-state index contributed by atoms with van der Waals surface area (Å²) in [6.45, 7) is 11.9. The van der Waals surface area contributed by atoms with Gasteiger partial charge in [0.1, 0.15) is 0 Å². The first-order valence-corrected chi connectivity index (χ1v) is 7.20. The van der Waals surface area contributed by atoms with Crippen LogP contribution in [0.5, 0.6) is 0 Å². The molecule has 2 N–H and O–H groups in total. The average Bonchev–Trinajstić information content (AvgIpc) is 2.45. The molecule has 2 rings (SSSR count). The van der Waals surface area contributed by atoms with Gasteiger partial charge in [0.15, 0.2) is 0 Å². The zero-order chi connectivity index (χ0) is 13.7. The van der Waals surface area contributed by atoms with E-state index in [-0.39, 0.29) is 30.3 Å². The maximum Gasteiger partial charge on any atom is 0.240 e. The van der Waals surface area contributed by atoms with Crippen LogP contribution in [0.15, 0.2) is 0 Å². The summed E-state index contributed by atoms with van der Waals surface area (Å²) >= 11 is 0. The summed E-state index contributed by atoms with van der Waals surface area (Å²) in [7, 11) is 0. The van der Waals surface area contributed by atoms with Crippen LogP contribution in [0.25, 0.3) is 0 Å². The summed E-state index contributed by atoms with van der Waals surface area (Å²) in [5, 5.41) is 0. The molecule has 0 aromatic heterocycles. The second-order valence-corrected chi connectivity index (χ2v) is 7.95. The lowest BCUT2D eigenvalue weighted by atomic mass is 9.65. The van der Waals surface area contributed by atoms with E-state index in [0.29, 0.717) is 16.9 Å². The maximum absolute atomic E-state index is 12.5. The Balaban J connectivity index is 0.00000180. The van der Waals surface area contributed by atoms with Gasteiger partial charge in [0.25, 0.3) is 0 Å². The van der Waals surface area contributed by atoms with Crippen molar-refractivity contribution in [3.63, 3.8) is 0 Å². The molecule has 4 heteroatoms. The van der Waals surface area contributed by atoms with Gasteiger partial charge in [0.2, 0.25) is 5.91 Å². The molecule has 3 nitrogen and oxygen atoms in total. The van der Waals surface area contributed by atoms with E-state index >= 15 is 0 Å². The van der Waals surface area contributed by atoms with Crippen molar-refractivity contribution in [2.75, 3.05) is 6.54 Å². The van der Waals surface area contributed by atoms with Crippen LogP contribution < -0.4 is 5.73 Å². The zero-order valence-electron chi connectivity index (χ0n) is 12.9. The summed E-state index contributed by atoms with van der Waals surface area (Å²) in [5.74, 6) is 0.384. The third-order valence-corrected chi connectivity index (χ3v) is 4.70. The van der Waals surface area contributed by atoms with Crippen LogP contribution in [-0.2, 0) is 4.79 Å². The van der Waals surface area contributed by atoms with Crippen molar-refractivity contribution in [2.24, 2.45) is 22.5 Å². The Kier molecular flexibility index (Phi) is 4.63. The van der Waals surface area contributed by atoms with Crippen molar-refractivity contribution in [3.8, 4) is 0 Å². The van der Waals surface area contributed by atoms with E-state index in [1.165, 1.54) is 6.42 Å². The van der Waals surface area contributed by atoms with Crippen molar-refractivity contribution in [1.29, 1.82) is 0 Å². The van der Waals surface area contributed by atoms with Gasteiger partial charge in [-0.25, -0.2) is 0 Å². The number of carbonyl (C=O) groups excluding carboxylic acids is 1. The lowest BCUT2D eigenvalue weighted by Crippen LogP contribution is -2.48. The molecular weight excluding hydrogens is 260 g/mol. The first-order chi connectivity index (χ1) is 8.14. The Hall–Kier alpha value is -0.280. The quantitative estimate of drug-likeness (QED) is 0.849. The Morgan fingerprint density at radius 2 is 1.84 bits per heavy atom. The molecule has 0 spiro atoms. The molecule has 19 heavy (non-hydrogen) atoms. The van der Waals surface area contributed by atoms with E-state index in [9.17, 15) is 4.79 Å². The molecule has 2 fully saturated rings. The molecule has 2 aliphatic rings. The van der Waals surface area contributed by atoms with E-state index in [0.717, 1.165) is 19.4 Å². The lowest BCUT2D eigenvalue weighted by Gasteiger charge is -2.39. The van der Waals surface area contributed by atoms with Crippen LogP contribution in [0.3, 0.4) is 0 Å². The largest absolute Gasteiger partial charge is 0.338 e. The number of halogens is 1. The molecule has 0 aromatic carbocycles. The molecule has 3 atom stereocenters. The number of carbonyl (C=O) groups is 1. The summed E-state index contributed by atoms with van der Waals surface area (Å²) in [5.41, 5.74) is 6.70. The molecule has 2 bridgehead atoms. The van der Waals surface area contributed by atoms with Crippen molar-refractivity contribution in [3.05, 3.63) is 0 Å². The number of hydrogen-bond donors (Lipinski definition) is 1. The highest BCUT2D eigenvalue weighted by Crippen LogP contribution is 2.52. The number of fused-ring (bicyclic) bond motifs is 2. The first kappa shape index (κ1) is 16.8. The molecule has 0 aromatic rings. The summed E-state index contributed by atoms with van der Waals surface area (Å²) in [4.78, 5) is 14.6. The summed E-state index contributed by atoms with van der Waals surface area (Å²) in [6.07, 6.45) is 3.50. The highest BCUT2D eigenvalue weighted by molar-refractivity contribution is 5.85. The molecule has 1 amide bonds. The third kappa shape index (κ3) is 3.25. The predicted molar refractivity (Wildman–Crippen MR) is 81.3 cm³/mol. The van der Waals surface area contributed by atoms with Gasteiger partial charge in [-0.1, -0.05) is 34.6 Å². The highest BCUT2D eigenvalue weighted by atomic mass is 35.5. The Morgan fingerprint density at radius 1 is 1.26 bits per heavy atom. The minimum Gasteiger partial charge on any atom is -0.338 e. The Labute approximate surface area is 123 Å². The molecule has 0 radical (unpaired) electrons. The molecule has 3 unspecified atom stereocenters. The number of hydrogen-bond acceptors (Lipinski definition) is 2. The first-order valence-electron chi connectivity index (χ1n) is 7.20. The normalized spacial score (nSPS) is 34.1. The van der Waals surface area contributed by atoms with Crippen LogP contribution in [0.2, 0.25) is 0 Å². The van der Waals surface area contributed by atoms with Crippen LogP contribution in [0.4, 0.5) is 0 Å². The van der Waals surface area contributed by atoms with Crippen LogP contribution in [0, 0.1) is 16.7 Å². The molecule has 1 aliphatic carbocycles. The second kappa shape index (κ2) is 5.25. The summed E-state index contributed by atoms with van der Waals surface area (Å²) < 4.78 is 0. The van der Waals surface area contributed by atoms with Gasteiger partial charge in [-0.05, 0) is 36.0 Å². The van der Waals surface area contributed by atoms with E-state index < -0.39 is 0 Å². The van der Waals surface area contributed by atoms with Gasteiger partial charge in [0.05, 0.1) is 6.04 Å². The third-order valence-electron chi connectivity index (χ3n) is 4.70. The smallest absolute Gasteiger partial charge is 0.240 e. The number of amides is 1. The van der Waals surface area contributed by atoms with Crippen LogP contribution in [-0.4, -0.2) is 29.4 Å². The minimum atomic E-state index is -0.337. The SMILES string of the molecule is CC(C)C(N)C(=O)N1CC2(C)CC1CC(C)(C)C2.Cl. The van der Waals surface area contributed by atoms with Gasteiger partial charge < -0.3 is 10.6 Å². The number of nitrogens with zero attached hydrogens (tertiary/aromatic N) is 1. The van der Waals surface area contributed by atoms with Crippen LogP contribution >= 0.6 is 12.4 Å². The van der Waals surface area contributed by atoms with Crippen LogP contribution in [0.1, 0.15) is 53.9 Å². The molecule has 1 aliphatic heterocycles. The molecular formula is C15H29ClN2O. The number of likely N-dealkylation sites (tertiary alicyclic amines) is 1. The Morgan fingerprint density at radius 3 is 2.37 bits per heavy atom. The van der Waals surface area contributed by atoms with Gasteiger partial charge >= 0.3 is 0 Å². The standard InChI is InChI=1S/C15H28N2O.ClH/c1-10(2)12(16)13(18)17-9-15(5)7-11(17)6-14(3,4)8-15;/h10-12H,6-9,16H2,1-5H3;1H. The van der Waals surface area contributed by atoms with Crippen molar-refractivity contribution >= 4 is 18.3 Å². The van der Waals surface area contributed by atoms with Gasteiger partial charge in [-0.3, -0.25) is 4.79 Å². The van der Waals surface area contributed by atoms with E-state index in [1.54, 1.807) is 0 Å². The fourth-order valence-electron chi connectivity index (χ4n) is 4.19. The van der Waals surface area contributed by atoms with Gasteiger partial charge in [-0.15, -0.1) is 12.4 Å². The van der Waals surface area contributed by atoms with E-state index in [1.807, 2.05) is 13.8 Å². The second-order valence-electron chi connectivity index (χ2n) is 7.95. The molecule has 1 saturated heterocycles. The van der Waals surface area contributed by atoms with E-state index in [2.05, 4.69) is 25.7 Å². The molecule has 1 heterocycles. The minimum absolute atomic E-state index is 0.